The van der Waals surface area contributed by atoms with Gasteiger partial charge in [0.25, 0.3) is 5.92 Å². The lowest BCUT2D eigenvalue weighted by Crippen LogP contribution is -2.73. The van der Waals surface area contributed by atoms with Crippen molar-refractivity contribution in [1.82, 2.24) is 29.6 Å². The Bertz CT molecular complexity index is 1290. The van der Waals surface area contributed by atoms with E-state index < -0.39 is 11.8 Å². The van der Waals surface area contributed by atoms with Crippen molar-refractivity contribution < 1.29 is 13.5 Å². The number of ether oxygens (including phenoxy) is 1. The highest BCUT2D eigenvalue weighted by Crippen LogP contribution is 2.44. The van der Waals surface area contributed by atoms with Crippen LogP contribution in [0, 0.1) is 11.3 Å². The number of hydrogen-bond acceptors (Lipinski definition) is 8. The lowest BCUT2D eigenvalue weighted by Gasteiger charge is -2.60. The van der Waals surface area contributed by atoms with Gasteiger partial charge in [0.15, 0.2) is 5.82 Å². The average molecular weight is 515 g/mol. The highest BCUT2D eigenvalue weighted by Gasteiger charge is 2.54. The van der Waals surface area contributed by atoms with Crippen molar-refractivity contribution in [2.45, 2.75) is 19.0 Å². The number of fused-ring (bicyclic) bond motifs is 3. The summed E-state index contributed by atoms with van der Waals surface area (Å²) in [6.07, 6.45) is 3.52. The quantitative estimate of drug-likeness (QED) is 0.514. The molecule has 9 nitrogen and oxygen atoms in total. The van der Waals surface area contributed by atoms with Gasteiger partial charge >= 0.3 is 0 Å². The molecule has 4 aliphatic heterocycles. The van der Waals surface area contributed by atoms with Crippen molar-refractivity contribution in [3.8, 4) is 5.69 Å². The molecule has 4 aliphatic rings. The Hall–Kier alpha value is -2.89. The number of halogens is 3. The maximum atomic E-state index is 14.9. The summed E-state index contributed by atoms with van der Waals surface area (Å²) in [4.78, 5) is 14.8. The van der Waals surface area contributed by atoms with E-state index in [2.05, 4.69) is 30.0 Å². The fraction of sp³-hybridized carbons (Fsp3) is 0.500. The zero-order valence-electron chi connectivity index (χ0n) is 19.5. The highest BCUT2D eigenvalue weighted by molar-refractivity contribution is 6.30. The molecule has 0 amide bonds. The number of anilines is 2. The summed E-state index contributed by atoms with van der Waals surface area (Å²) in [5, 5.41) is 9.54. The largest absolute Gasteiger partial charge is 0.380 e. The number of alkyl halides is 2. The minimum atomic E-state index is -2.84. The standard InChI is InChI=1S/C24H25ClF2N8O/c25-18-2-3-19-16(6-18)7-32(15-24(26,27)17-9-36-10-17)8-20-30-31-22(35(19)20)34-13-23(14-34)11-33(12-23)21-28-4-1-5-29-21/h1-6,17H,7-15H2. The van der Waals surface area contributed by atoms with Crippen LogP contribution in [0.1, 0.15) is 11.4 Å². The molecular weight excluding hydrogens is 490 g/mol. The monoisotopic (exact) mass is 514 g/mol. The van der Waals surface area contributed by atoms with E-state index in [0.29, 0.717) is 17.4 Å². The summed E-state index contributed by atoms with van der Waals surface area (Å²) in [5.41, 5.74) is 1.95. The second-order valence-electron chi connectivity index (χ2n) is 10.4. The van der Waals surface area contributed by atoms with Crippen LogP contribution < -0.4 is 9.80 Å². The molecule has 0 N–H and O–H groups in total. The molecule has 0 radical (unpaired) electrons. The van der Waals surface area contributed by atoms with Crippen molar-refractivity contribution in [2.24, 2.45) is 11.3 Å². The second-order valence-corrected chi connectivity index (χ2v) is 10.9. The van der Waals surface area contributed by atoms with Crippen LogP contribution in [0.2, 0.25) is 5.02 Å². The molecule has 7 rings (SSSR count). The van der Waals surface area contributed by atoms with Gasteiger partial charge in [-0.3, -0.25) is 9.47 Å². The van der Waals surface area contributed by atoms with E-state index in [0.717, 1.165) is 49.3 Å². The van der Waals surface area contributed by atoms with Crippen molar-refractivity contribution in [3.63, 3.8) is 0 Å². The summed E-state index contributed by atoms with van der Waals surface area (Å²) in [5.74, 6) is -1.42. The topological polar surface area (TPSA) is 75.4 Å². The first-order chi connectivity index (χ1) is 17.4. The van der Waals surface area contributed by atoms with Gasteiger partial charge in [0.05, 0.1) is 37.9 Å². The van der Waals surface area contributed by atoms with Gasteiger partial charge in [-0.25, -0.2) is 18.7 Å². The van der Waals surface area contributed by atoms with Gasteiger partial charge in [-0.05, 0) is 29.8 Å². The van der Waals surface area contributed by atoms with E-state index in [4.69, 9.17) is 16.3 Å². The number of nitrogens with zero attached hydrogens (tertiary/aromatic N) is 8. The molecule has 3 saturated heterocycles. The lowest BCUT2D eigenvalue weighted by molar-refractivity contribution is -0.179. The maximum Gasteiger partial charge on any atom is 0.267 e. The number of aromatic nitrogens is 5. The summed E-state index contributed by atoms with van der Waals surface area (Å²) < 4.78 is 36.8. The van der Waals surface area contributed by atoms with Crippen LogP contribution in [0.25, 0.3) is 5.69 Å². The molecule has 0 saturated carbocycles. The fourth-order valence-electron chi connectivity index (χ4n) is 5.74. The van der Waals surface area contributed by atoms with Crippen LogP contribution in [-0.4, -0.2) is 81.5 Å². The van der Waals surface area contributed by atoms with Crippen molar-refractivity contribution >= 4 is 23.5 Å². The van der Waals surface area contributed by atoms with Crippen LogP contribution in [0.5, 0.6) is 0 Å². The van der Waals surface area contributed by atoms with E-state index in [1.165, 1.54) is 0 Å². The van der Waals surface area contributed by atoms with Gasteiger partial charge in [0, 0.05) is 55.6 Å². The summed E-state index contributed by atoms with van der Waals surface area (Å²) in [7, 11) is 0. The average Bonchev–Trinajstić information content (AvgIpc) is 3.07. The molecule has 0 unspecified atom stereocenters. The molecule has 0 bridgehead atoms. The van der Waals surface area contributed by atoms with Crippen LogP contribution in [0.15, 0.2) is 36.7 Å². The third-order valence-corrected chi connectivity index (χ3v) is 7.88. The van der Waals surface area contributed by atoms with Crippen LogP contribution in [-0.2, 0) is 17.8 Å². The predicted octanol–water partition coefficient (Wildman–Crippen LogP) is 2.63. The Morgan fingerprint density at radius 1 is 1.03 bits per heavy atom. The minimum absolute atomic E-state index is 0.105. The molecule has 12 heteroatoms. The number of benzene rings is 1. The maximum absolute atomic E-state index is 14.9. The normalized spacial score (nSPS) is 21.3. The number of rotatable bonds is 5. The van der Waals surface area contributed by atoms with Crippen LogP contribution in [0.4, 0.5) is 20.7 Å². The molecule has 3 fully saturated rings. The van der Waals surface area contributed by atoms with Crippen molar-refractivity contribution in [1.29, 1.82) is 0 Å². The van der Waals surface area contributed by atoms with E-state index in [1.54, 1.807) is 17.3 Å². The van der Waals surface area contributed by atoms with Crippen LogP contribution >= 0.6 is 11.6 Å². The van der Waals surface area contributed by atoms with E-state index >= 15 is 0 Å². The minimum Gasteiger partial charge on any atom is -0.380 e. The molecular formula is C24H25ClF2N8O. The fourth-order valence-corrected chi connectivity index (χ4v) is 5.93. The Kier molecular flexibility index (Phi) is 4.99. The molecule has 0 atom stereocenters. The summed E-state index contributed by atoms with van der Waals surface area (Å²) in [6.45, 7) is 3.98. The Morgan fingerprint density at radius 2 is 1.78 bits per heavy atom. The molecule has 2 aromatic heterocycles. The van der Waals surface area contributed by atoms with Gasteiger partial charge in [-0.2, -0.15) is 0 Å². The van der Waals surface area contributed by atoms with Gasteiger partial charge in [-0.1, -0.05) is 11.6 Å². The third-order valence-electron chi connectivity index (χ3n) is 7.65. The number of hydrogen-bond donors (Lipinski definition) is 0. The first-order valence-electron chi connectivity index (χ1n) is 12.1. The SMILES string of the molecule is FC(F)(CN1Cc2cc(Cl)ccc2-n2c(nnc2N2CC3(CN(c4ncccn4)C3)C2)C1)C1COC1. The highest BCUT2D eigenvalue weighted by atomic mass is 35.5. The first kappa shape index (κ1) is 22.3. The second kappa shape index (κ2) is 8.06. The molecule has 0 aliphatic carbocycles. The Morgan fingerprint density at radius 3 is 2.50 bits per heavy atom. The summed E-state index contributed by atoms with van der Waals surface area (Å²) >= 11 is 6.31. The predicted molar refractivity (Wildman–Crippen MR) is 129 cm³/mol. The third kappa shape index (κ3) is 3.63. The zero-order chi connectivity index (χ0) is 24.5. The molecule has 36 heavy (non-hydrogen) atoms. The van der Waals surface area contributed by atoms with Crippen molar-refractivity contribution in [2.75, 3.05) is 55.7 Å². The Balaban J connectivity index is 1.13. The smallest absolute Gasteiger partial charge is 0.267 e. The Labute approximate surface area is 211 Å². The van der Waals surface area contributed by atoms with Gasteiger partial charge in [0.1, 0.15) is 0 Å². The van der Waals surface area contributed by atoms with E-state index in [-0.39, 0.29) is 31.7 Å². The van der Waals surface area contributed by atoms with E-state index in [9.17, 15) is 8.78 Å². The van der Waals surface area contributed by atoms with Gasteiger partial charge < -0.3 is 14.5 Å². The molecule has 6 heterocycles. The summed E-state index contributed by atoms with van der Waals surface area (Å²) in [6, 6.07) is 7.43. The molecule has 188 valence electrons. The van der Waals surface area contributed by atoms with Crippen LogP contribution in [0.3, 0.4) is 0 Å². The van der Waals surface area contributed by atoms with E-state index in [1.807, 2.05) is 28.8 Å². The van der Waals surface area contributed by atoms with Gasteiger partial charge in [-0.15, -0.1) is 10.2 Å². The zero-order valence-corrected chi connectivity index (χ0v) is 20.3. The lowest BCUT2D eigenvalue weighted by atomic mass is 9.73. The van der Waals surface area contributed by atoms with Gasteiger partial charge in [0.2, 0.25) is 11.9 Å². The molecule has 3 aromatic rings. The first-order valence-corrected chi connectivity index (χ1v) is 12.4. The molecule has 1 aromatic carbocycles. The van der Waals surface area contributed by atoms with Crippen molar-refractivity contribution in [3.05, 3.63) is 53.1 Å². The molecule has 1 spiro atoms.